The second-order valence-electron chi connectivity index (χ2n) is 11.2. The quantitative estimate of drug-likeness (QED) is 0.0946. The van der Waals surface area contributed by atoms with E-state index in [9.17, 15) is 4.79 Å². The Labute approximate surface area is 234 Å². The zero-order chi connectivity index (χ0) is 27.5. The maximum Gasteiger partial charge on any atom is 0.303 e. The maximum atomic E-state index is 10.1. The van der Waals surface area contributed by atoms with Gasteiger partial charge in [0.05, 0.1) is 0 Å². The van der Waals surface area contributed by atoms with Crippen molar-refractivity contribution in [3.8, 4) is 0 Å². The van der Waals surface area contributed by atoms with E-state index < -0.39 is 5.97 Å². The third-order valence-electron chi connectivity index (χ3n) is 7.28. The van der Waals surface area contributed by atoms with Crippen molar-refractivity contribution >= 4 is 5.97 Å². The molecule has 0 spiro atoms. The minimum absolute atomic E-state index is 0.341. The summed E-state index contributed by atoms with van der Waals surface area (Å²) in [5, 5.41) is 8.35. The van der Waals surface area contributed by atoms with E-state index in [4.69, 9.17) is 9.84 Å². The average Bonchev–Trinajstić information content (AvgIpc) is 2.89. The van der Waals surface area contributed by atoms with Crippen molar-refractivity contribution in [1.29, 1.82) is 0 Å². The number of carboxylic acids is 1. The van der Waals surface area contributed by atoms with Gasteiger partial charge >= 0.3 is 5.97 Å². The highest BCUT2D eigenvalue weighted by Gasteiger charge is 1.96. The van der Waals surface area contributed by atoms with Gasteiger partial charge in [-0.25, -0.2) is 0 Å². The summed E-state index contributed by atoms with van der Waals surface area (Å²) in [5.74, 6) is -0.663. The van der Waals surface area contributed by atoms with Gasteiger partial charge in [-0.15, -0.1) is 0 Å². The molecule has 0 aromatic rings. The van der Waals surface area contributed by atoms with Gasteiger partial charge in [0.25, 0.3) is 0 Å². The van der Waals surface area contributed by atoms with Crippen molar-refractivity contribution in [2.75, 3.05) is 13.2 Å². The van der Waals surface area contributed by atoms with Gasteiger partial charge in [0.1, 0.15) is 0 Å². The van der Waals surface area contributed by atoms with Gasteiger partial charge in [-0.1, -0.05) is 175 Å². The van der Waals surface area contributed by atoms with E-state index in [0.717, 1.165) is 26.1 Å². The van der Waals surface area contributed by atoms with Crippen LogP contribution in [0, 0.1) is 0 Å². The van der Waals surface area contributed by atoms with E-state index in [1.165, 1.54) is 161 Å². The minimum atomic E-state index is -0.663. The van der Waals surface area contributed by atoms with Crippen LogP contribution in [0.3, 0.4) is 0 Å². The van der Waals surface area contributed by atoms with Crippen molar-refractivity contribution in [2.24, 2.45) is 0 Å². The van der Waals surface area contributed by atoms with E-state index in [0.29, 0.717) is 6.42 Å². The van der Waals surface area contributed by atoms with Gasteiger partial charge in [-0.2, -0.15) is 0 Å². The first kappa shape index (κ1) is 38.6. The Morgan fingerprint density at radius 2 is 0.649 bits per heavy atom. The highest BCUT2D eigenvalue weighted by molar-refractivity contribution is 5.66. The van der Waals surface area contributed by atoms with Gasteiger partial charge in [0, 0.05) is 19.6 Å². The van der Waals surface area contributed by atoms with Crippen LogP contribution in [0.1, 0.15) is 201 Å². The molecule has 0 saturated carbocycles. The number of rotatable bonds is 30. The van der Waals surface area contributed by atoms with Crippen LogP contribution in [0.2, 0.25) is 0 Å². The lowest BCUT2D eigenvalue weighted by Crippen LogP contribution is -1.97. The van der Waals surface area contributed by atoms with Crippen LogP contribution in [0.5, 0.6) is 0 Å². The summed E-state index contributed by atoms with van der Waals surface area (Å²) < 4.78 is 5.78. The SMILES string of the molecule is CCCCCCCCCC(=O)O.CCCCCCCCCCCCOCCCCCCCCCCCC. The first-order valence-corrected chi connectivity index (χ1v) is 17.0. The molecular weight excluding hydrogens is 456 g/mol. The van der Waals surface area contributed by atoms with Crippen molar-refractivity contribution < 1.29 is 14.6 Å². The van der Waals surface area contributed by atoms with Crippen LogP contribution < -0.4 is 0 Å². The van der Waals surface area contributed by atoms with Crippen molar-refractivity contribution in [3.05, 3.63) is 0 Å². The highest BCUT2D eigenvalue weighted by atomic mass is 16.5. The third kappa shape index (κ3) is 42.8. The lowest BCUT2D eigenvalue weighted by atomic mass is 10.1. The van der Waals surface area contributed by atoms with E-state index >= 15 is 0 Å². The summed E-state index contributed by atoms with van der Waals surface area (Å²) in [6.45, 7) is 8.77. The second kappa shape index (κ2) is 37.6. The third-order valence-corrected chi connectivity index (χ3v) is 7.28. The van der Waals surface area contributed by atoms with Gasteiger partial charge < -0.3 is 9.84 Å². The lowest BCUT2D eigenvalue weighted by Gasteiger charge is -2.05. The molecule has 0 aliphatic rings. The van der Waals surface area contributed by atoms with Crippen molar-refractivity contribution in [3.63, 3.8) is 0 Å². The Bertz CT molecular complexity index is 375. The molecule has 3 nitrogen and oxygen atoms in total. The molecule has 3 heteroatoms. The Kier molecular flexibility index (Phi) is 39.2. The molecule has 0 saturated heterocycles. The summed E-state index contributed by atoms with van der Waals surface area (Å²) in [6.07, 6.45) is 36.8. The molecule has 224 valence electrons. The zero-order valence-corrected chi connectivity index (χ0v) is 26.0. The number of carbonyl (C=O) groups is 1. The number of unbranched alkanes of at least 4 members (excludes halogenated alkanes) is 24. The van der Waals surface area contributed by atoms with Crippen LogP contribution >= 0.6 is 0 Å². The maximum absolute atomic E-state index is 10.1. The predicted octanol–water partition coefficient (Wildman–Crippen LogP) is 12.1. The summed E-state index contributed by atoms with van der Waals surface area (Å²) in [5.41, 5.74) is 0. The van der Waals surface area contributed by atoms with Crippen LogP contribution in [0.15, 0.2) is 0 Å². The van der Waals surface area contributed by atoms with Gasteiger partial charge in [0.2, 0.25) is 0 Å². The largest absolute Gasteiger partial charge is 0.481 e. The monoisotopic (exact) mass is 527 g/mol. The summed E-state index contributed by atoms with van der Waals surface area (Å²) >= 11 is 0. The fraction of sp³-hybridized carbons (Fsp3) is 0.971. The average molecular weight is 527 g/mol. The predicted molar refractivity (Wildman–Crippen MR) is 165 cm³/mol. The smallest absolute Gasteiger partial charge is 0.303 e. The number of hydrogen-bond donors (Lipinski definition) is 1. The molecule has 0 aliphatic heterocycles. The summed E-state index contributed by atoms with van der Waals surface area (Å²) in [4.78, 5) is 10.1. The molecule has 0 amide bonds. The number of ether oxygens (including phenoxy) is 1. The molecule has 37 heavy (non-hydrogen) atoms. The molecular formula is C34H70O3. The Morgan fingerprint density at radius 1 is 0.405 bits per heavy atom. The zero-order valence-electron chi connectivity index (χ0n) is 26.0. The van der Waals surface area contributed by atoms with Gasteiger partial charge in [-0.05, 0) is 19.3 Å². The topological polar surface area (TPSA) is 46.5 Å². The molecule has 0 heterocycles. The Morgan fingerprint density at radius 3 is 0.919 bits per heavy atom. The second-order valence-corrected chi connectivity index (χ2v) is 11.2. The lowest BCUT2D eigenvalue weighted by molar-refractivity contribution is -0.137. The molecule has 0 rings (SSSR count). The Hall–Kier alpha value is -0.570. The normalized spacial score (nSPS) is 10.9. The van der Waals surface area contributed by atoms with Gasteiger partial charge in [0.15, 0.2) is 0 Å². The molecule has 0 bridgehead atoms. The van der Waals surface area contributed by atoms with Crippen LogP contribution in [0.25, 0.3) is 0 Å². The number of aliphatic carboxylic acids is 1. The highest BCUT2D eigenvalue weighted by Crippen LogP contribution is 2.12. The van der Waals surface area contributed by atoms with E-state index in [2.05, 4.69) is 20.8 Å². The van der Waals surface area contributed by atoms with Crippen LogP contribution in [-0.2, 0) is 9.53 Å². The Balaban J connectivity index is 0. The summed E-state index contributed by atoms with van der Waals surface area (Å²) in [7, 11) is 0. The van der Waals surface area contributed by atoms with Crippen LogP contribution in [0.4, 0.5) is 0 Å². The first-order valence-electron chi connectivity index (χ1n) is 17.0. The molecule has 0 unspecified atom stereocenters. The van der Waals surface area contributed by atoms with E-state index in [-0.39, 0.29) is 0 Å². The van der Waals surface area contributed by atoms with Crippen LogP contribution in [-0.4, -0.2) is 24.3 Å². The molecule has 0 aromatic heterocycles. The van der Waals surface area contributed by atoms with Crippen molar-refractivity contribution in [2.45, 2.75) is 201 Å². The molecule has 0 fully saturated rings. The first-order chi connectivity index (χ1) is 18.2. The number of hydrogen-bond acceptors (Lipinski definition) is 2. The van der Waals surface area contributed by atoms with E-state index in [1.807, 2.05) is 0 Å². The van der Waals surface area contributed by atoms with E-state index in [1.54, 1.807) is 0 Å². The standard InChI is InChI=1S/C24H50O.C10H20O2/c1-3-5-7-9-11-13-15-17-19-21-23-25-24-22-20-18-16-14-12-10-8-6-4-2;1-2-3-4-5-6-7-8-9-10(11)12/h3-24H2,1-2H3;2-9H2,1H3,(H,11,12). The number of carboxylic acid groups (broad SMARTS) is 1. The molecule has 0 atom stereocenters. The van der Waals surface area contributed by atoms with Crippen molar-refractivity contribution in [1.82, 2.24) is 0 Å². The molecule has 1 N–H and O–H groups in total. The fourth-order valence-electron chi connectivity index (χ4n) is 4.72. The molecule has 0 radical (unpaired) electrons. The minimum Gasteiger partial charge on any atom is -0.481 e. The fourth-order valence-corrected chi connectivity index (χ4v) is 4.72. The molecule has 0 aliphatic carbocycles. The molecule has 0 aromatic carbocycles. The summed E-state index contributed by atoms with van der Waals surface area (Å²) in [6, 6.07) is 0. The van der Waals surface area contributed by atoms with Gasteiger partial charge in [-0.3, -0.25) is 4.79 Å².